The van der Waals surface area contributed by atoms with Gasteiger partial charge in [-0.05, 0) is 0 Å². The van der Waals surface area contributed by atoms with Gasteiger partial charge in [0.2, 0.25) is 0 Å². The molecule has 0 aromatic rings. The lowest BCUT2D eigenvalue weighted by Crippen LogP contribution is -2.41. The summed E-state index contributed by atoms with van der Waals surface area (Å²) in [4.78, 5) is 0. The molecule has 0 fully saturated rings. The third kappa shape index (κ3) is 5.25. The summed E-state index contributed by atoms with van der Waals surface area (Å²) in [6.45, 7) is 19.7. The maximum absolute atomic E-state index is 2.65. The molecule has 0 heterocycles. The van der Waals surface area contributed by atoms with Gasteiger partial charge in [-0.1, -0.05) is 99.8 Å². The summed E-state index contributed by atoms with van der Waals surface area (Å²) in [6.07, 6.45) is 8.40. The maximum atomic E-state index is 2.65. The third-order valence-corrected chi connectivity index (χ3v) is 9.31. The SMILES string of the molecule is CCCC(CCC)C(C)(CCC)[Si-](C(C)C)C(C)C. The van der Waals surface area contributed by atoms with E-state index in [0.29, 0.717) is 5.04 Å². The number of hydrogen-bond donors (Lipinski definition) is 0. The molecule has 0 N–H and O–H groups in total. The van der Waals surface area contributed by atoms with E-state index >= 15 is 0 Å². The van der Waals surface area contributed by atoms with Crippen LogP contribution in [-0.4, -0.2) is 8.80 Å². The lowest BCUT2D eigenvalue weighted by molar-refractivity contribution is 0.297. The minimum Gasteiger partial charge on any atom is -0.245 e. The molecule has 0 saturated heterocycles. The first-order chi connectivity index (χ1) is 8.84. The Labute approximate surface area is 125 Å². The minimum absolute atomic E-state index is 0.321. The highest BCUT2D eigenvalue weighted by Crippen LogP contribution is 2.53. The zero-order valence-electron chi connectivity index (χ0n) is 15.0. The molecule has 19 heavy (non-hydrogen) atoms. The van der Waals surface area contributed by atoms with E-state index in [4.69, 9.17) is 0 Å². The summed E-state index contributed by atoms with van der Waals surface area (Å²) in [5, 5.41) is 0.633. The average molecular weight is 284 g/mol. The van der Waals surface area contributed by atoms with Crippen LogP contribution in [-0.2, 0) is 0 Å². The van der Waals surface area contributed by atoms with Gasteiger partial charge in [0.25, 0.3) is 0 Å². The first kappa shape index (κ1) is 19.2. The van der Waals surface area contributed by atoms with Gasteiger partial charge in [0.05, 0.1) is 0 Å². The van der Waals surface area contributed by atoms with E-state index in [1.165, 1.54) is 38.5 Å². The fourth-order valence-corrected chi connectivity index (χ4v) is 9.84. The van der Waals surface area contributed by atoms with Crippen molar-refractivity contribution < 1.29 is 0 Å². The van der Waals surface area contributed by atoms with Gasteiger partial charge in [0, 0.05) is 0 Å². The van der Waals surface area contributed by atoms with Gasteiger partial charge in [-0.2, -0.15) is 16.1 Å². The van der Waals surface area contributed by atoms with E-state index < -0.39 is 0 Å². The molecule has 0 aliphatic carbocycles. The van der Waals surface area contributed by atoms with Crippen LogP contribution in [0.15, 0.2) is 0 Å². The van der Waals surface area contributed by atoms with E-state index in [9.17, 15) is 0 Å². The molecule has 0 rings (SSSR count). The monoisotopic (exact) mass is 283 g/mol. The Balaban J connectivity index is 5.36. The quantitative estimate of drug-likeness (QED) is 0.376. The van der Waals surface area contributed by atoms with Crippen molar-refractivity contribution in [2.24, 2.45) is 5.92 Å². The smallest absolute Gasteiger partial charge is 0.0530 e. The third-order valence-electron chi connectivity index (χ3n) is 4.85. The highest BCUT2D eigenvalue weighted by Gasteiger charge is 2.32. The fourth-order valence-electron chi connectivity index (χ4n) is 4.57. The summed E-state index contributed by atoms with van der Waals surface area (Å²) >= 11 is 0. The van der Waals surface area contributed by atoms with Crippen LogP contribution in [0.4, 0.5) is 0 Å². The van der Waals surface area contributed by atoms with Gasteiger partial charge in [-0.25, -0.2) is 8.80 Å². The summed E-state index contributed by atoms with van der Waals surface area (Å²) in [5.41, 5.74) is 1.80. The Bertz CT molecular complexity index is 208. The molecule has 0 bridgehead atoms. The second-order valence-electron chi connectivity index (χ2n) is 7.21. The van der Waals surface area contributed by atoms with Crippen molar-refractivity contribution in [3.63, 3.8) is 0 Å². The first-order valence-electron chi connectivity index (χ1n) is 8.72. The van der Waals surface area contributed by atoms with Crippen LogP contribution in [0.2, 0.25) is 16.1 Å². The molecule has 0 nitrogen and oxygen atoms in total. The van der Waals surface area contributed by atoms with Crippen molar-refractivity contribution >= 4 is 8.80 Å². The Hall–Kier alpha value is 0.217. The van der Waals surface area contributed by atoms with Crippen LogP contribution < -0.4 is 0 Å². The van der Waals surface area contributed by atoms with Crippen LogP contribution in [0.3, 0.4) is 0 Å². The van der Waals surface area contributed by atoms with Gasteiger partial charge >= 0.3 is 0 Å². The molecule has 116 valence electrons. The first-order valence-corrected chi connectivity index (χ1v) is 10.4. The van der Waals surface area contributed by atoms with Crippen molar-refractivity contribution in [1.29, 1.82) is 0 Å². The predicted octanol–water partition coefficient (Wildman–Crippen LogP) is 7.08. The molecule has 0 aliphatic rings. The molecule has 0 aliphatic heterocycles. The lowest BCUT2D eigenvalue weighted by Gasteiger charge is -2.59. The van der Waals surface area contributed by atoms with Crippen LogP contribution in [0, 0.1) is 5.92 Å². The minimum atomic E-state index is -0.321. The normalized spacial score (nSPS) is 15.8. The fraction of sp³-hybridized carbons (Fsp3) is 1.00. The van der Waals surface area contributed by atoms with Crippen molar-refractivity contribution in [2.45, 2.75) is 110 Å². The van der Waals surface area contributed by atoms with Crippen molar-refractivity contribution in [2.75, 3.05) is 0 Å². The van der Waals surface area contributed by atoms with E-state index in [-0.39, 0.29) is 8.80 Å². The van der Waals surface area contributed by atoms with E-state index in [2.05, 4.69) is 55.4 Å². The van der Waals surface area contributed by atoms with E-state index in [1.807, 2.05) is 0 Å². The molecule has 0 radical (unpaired) electrons. The average Bonchev–Trinajstić information content (AvgIpc) is 2.27. The Morgan fingerprint density at radius 3 is 1.47 bits per heavy atom. The molecule has 1 unspecified atom stereocenters. The van der Waals surface area contributed by atoms with Crippen LogP contribution in [0.5, 0.6) is 0 Å². The number of hydrogen-bond acceptors (Lipinski definition) is 0. The Kier molecular flexibility index (Phi) is 9.31. The highest BCUT2D eigenvalue weighted by molar-refractivity contribution is 6.65. The predicted molar refractivity (Wildman–Crippen MR) is 92.5 cm³/mol. The molecular formula is C18H39Si-. The van der Waals surface area contributed by atoms with E-state index in [0.717, 1.165) is 17.0 Å². The molecule has 0 amide bonds. The topological polar surface area (TPSA) is 0 Å². The van der Waals surface area contributed by atoms with Crippen molar-refractivity contribution in [3.05, 3.63) is 0 Å². The largest absolute Gasteiger partial charge is 0.245 e. The van der Waals surface area contributed by atoms with Gasteiger partial charge in [0.15, 0.2) is 0 Å². The molecule has 0 spiro atoms. The number of rotatable bonds is 10. The second-order valence-corrected chi connectivity index (χ2v) is 11.6. The van der Waals surface area contributed by atoms with Gasteiger partial charge in [0.1, 0.15) is 0 Å². The molecule has 1 atom stereocenters. The molecular weight excluding hydrogens is 244 g/mol. The Morgan fingerprint density at radius 2 is 1.21 bits per heavy atom. The van der Waals surface area contributed by atoms with Crippen LogP contribution in [0.1, 0.15) is 93.9 Å². The lowest BCUT2D eigenvalue weighted by atomic mass is 9.82. The zero-order chi connectivity index (χ0) is 15.1. The zero-order valence-corrected chi connectivity index (χ0v) is 16.0. The van der Waals surface area contributed by atoms with Crippen LogP contribution in [0.25, 0.3) is 0 Å². The molecule has 0 aromatic heterocycles. The van der Waals surface area contributed by atoms with Gasteiger partial charge < -0.3 is 0 Å². The maximum Gasteiger partial charge on any atom is -0.0530 e. The summed E-state index contributed by atoms with van der Waals surface area (Å²) in [5.74, 6) is 0.959. The molecule has 0 aromatic carbocycles. The molecule has 1 heteroatoms. The van der Waals surface area contributed by atoms with Crippen molar-refractivity contribution in [1.82, 2.24) is 0 Å². The second kappa shape index (κ2) is 9.21. The van der Waals surface area contributed by atoms with Crippen molar-refractivity contribution in [3.8, 4) is 0 Å². The standard InChI is InChI=1S/C18H39Si/c1-9-12-17(13-10-2)18(8,14-11-3)19(15(4)5)16(6)7/h15-17H,9-14H2,1-8H3/q-1. The highest BCUT2D eigenvalue weighted by atomic mass is 28.3. The molecule has 0 saturated carbocycles. The summed E-state index contributed by atoms with van der Waals surface area (Å²) in [6, 6.07) is 0. The summed E-state index contributed by atoms with van der Waals surface area (Å²) in [7, 11) is -0.321. The Morgan fingerprint density at radius 1 is 0.789 bits per heavy atom. The van der Waals surface area contributed by atoms with Crippen LogP contribution >= 0.6 is 0 Å². The summed E-state index contributed by atoms with van der Waals surface area (Å²) < 4.78 is 0. The van der Waals surface area contributed by atoms with E-state index in [1.54, 1.807) is 0 Å². The van der Waals surface area contributed by atoms with Gasteiger partial charge in [-0.15, -0.1) is 0 Å². The van der Waals surface area contributed by atoms with Gasteiger partial charge in [-0.3, -0.25) is 0 Å².